The van der Waals surface area contributed by atoms with Gasteiger partial charge in [0, 0.05) is 19.1 Å². The molecule has 3 rings (SSSR count). The number of carbonyl (C=O) groups is 2. The van der Waals surface area contributed by atoms with Crippen LogP contribution in [0.5, 0.6) is 0 Å². The molecule has 6 nitrogen and oxygen atoms in total. The molecule has 1 aliphatic heterocycles. The van der Waals surface area contributed by atoms with E-state index in [0.29, 0.717) is 30.5 Å². The van der Waals surface area contributed by atoms with Gasteiger partial charge in [0.15, 0.2) is 0 Å². The molecule has 0 radical (unpaired) electrons. The first-order valence-electron chi connectivity index (χ1n) is 6.85. The molecule has 3 amide bonds. The first kappa shape index (κ1) is 12.8. The number of anilines is 2. The van der Waals surface area contributed by atoms with E-state index in [1.807, 2.05) is 18.2 Å². The van der Waals surface area contributed by atoms with Crippen LogP contribution in [0.1, 0.15) is 12.8 Å². The summed E-state index contributed by atoms with van der Waals surface area (Å²) in [6, 6.07) is 7.43. The Morgan fingerprint density at radius 1 is 1.30 bits per heavy atom. The highest BCUT2D eigenvalue weighted by molar-refractivity contribution is 5.98. The van der Waals surface area contributed by atoms with Crippen LogP contribution in [0.2, 0.25) is 0 Å². The van der Waals surface area contributed by atoms with Gasteiger partial charge in [0.25, 0.3) is 0 Å². The summed E-state index contributed by atoms with van der Waals surface area (Å²) in [6.45, 7) is 1.23. The number of benzene rings is 1. The molecule has 3 N–H and O–H groups in total. The molecular formula is C14H18N4O2. The second-order valence-electron chi connectivity index (χ2n) is 5.26. The van der Waals surface area contributed by atoms with E-state index in [4.69, 9.17) is 5.73 Å². The Morgan fingerprint density at radius 3 is 2.75 bits per heavy atom. The zero-order chi connectivity index (χ0) is 14.1. The zero-order valence-corrected chi connectivity index (χ0v) is 11.2. The lowest BCUT2D eigenvalue weighted by Gasteiger charge is -2.19. The predicted molar refractivity (Wildman–Crippen MR) is 76.3 cm³/mol. The van der Waals surface area contributed by atoms with E-state index >= 15 is 0 Å². The van der Waals surface area contributed by atoms with Gasteiger partial charge in [0.2, 0.25) is 5.91 Å². The fourth-order valence-electron chi connectivity index (χ4n) is 2.36. The summed E-state index contributed by atoms with van der Waals surface area (Å²) >= 11 is 0. The number of nitrogens with two attached hydrogens (primary N) is 1. The number of carbonyl (C=O) groups excluding carboxylic acids is 2. The minimum Gasteiger partial charge on any atom is -0.397 e. The summed E-state index contributed by atoms with van der Waals surface area (Å²) in [6.07, 6.45) is 2.10. The van der Waals surface area contributed by atoms with Crippen molar-refractivity contribution in [2.45, 2.75) is 18.9 Å². The van der Waals surface area contributed by atoms with Crippen molar-refractivity contribution < 1.29 is 9.59 Å². The molecule has 20 heavy (non-hydrogen) atoms. The van der Waals surface area contributed by atoms with E-state index in [0.717, 1.165) is 12.8 Å². The van der Waals surface area contributed by atoms with Crippen LogP contribution in [0.15, 0.2) is 24.3 Å². The molecule has 2 aliphatic rings. The standard InChI is InChI=1S/C14H18N4O2/c15-11-3-1-2-4-12(11)18-8-7-17(14(18)20)9-13(19)16-10-5-6-10/h1-4,10H,5-9,15H2,(H,16,19). The molecule has 6 heteroatoms. The average Bonchev–Trinajstić information content (AvgIpc) is 3.16. The van der Waals surface area contributed by atoms with Gasteiger partial charge in [0.1, 0.15) is 6.54 Å². The molecule has 1 heterocycles. The minimum absolute atomic E-state index is 0.0799. The Labute approximate surface area is 117 Å². The van der Waals surface area contributed by atoms with E-state index in [2.05, 4.69) is 5.32 Å². The molecular weight excluding hydrogens is 256 g/mol. The molecule has 1 saturated carbocycles. The molecule has 106 valence electrons. The Hall–Kier alpha value is -2.24. The monoisotopic (exact) mass is 274 g/mol. The topological polar surface area (TPSA) is 78.7 Å². The summed E-state index contributed by atoms with van der Waals surface area (Å²) < 4.78 is 0. The molecule has 0 aromatic heterocycles. The van der Waals surface area contributed by atoms with Gasteiger partial charge in [-0.05, 0) is 25.0 Å². The van der Waals surface area contributed by atoms with Crippen molar-refractivity contribution in [3.63, 3.8) is 0 Å². The van der Waals surface area contributed by atoms with Crippen molar-refractivity contribution in [1.82, 2.24) is 10.2 Å². The van der Waals surface area contributed by atoms with Gasteiger partial charge in [-0.15, -0.1) is 0 Å². The minimum atomic E-state index is -0.158. The lowest BCUT2D eigenvalue weighted by Crippen LogP contribution is -2.40. The largest absolute Gasteiger partial charge is 0.397 e. The maximum absolute atomic E-state index is 12.3. The van der Waals surface area contributed by atoms with Crippen LogP contribution in [0, 0.1) is 0 Å². The number of hydrogen-bond acceptors (Lipinski definition) is 3. The molecule has 0 bridgehead atoms. The third-order valence-corrected chi connectivity index (χ3v) is 3.60. The maximum Gasteiger partial charge on any atom is 0.325 e. The van der Waals surface area contributed by atoms with Gasteiger partial charge >= 0.3 is 6.03 Å². The van der Waals surface area contributed by atoms with Gasteiger partial charge in [-0.3, -0.25) is 9.69 Å². The fraction of sp³-hybridized carbons (Fsp3) is 0.429. The highest BCUT2D eigenvalue weighted by Crippen LogP contribution is 2.26. The lowest BCUT2D eigenvalue weighted by molar-refractivity contribution is -0.121. The van der Waals surface area contributed by atoms with E-state index < -0.39 is 0 Å². The number of nitrogen functional groups attached to an aromatic ring is 1. The Balaban J connectivity index is 1.64. The summed E-state index contributed by atoms with van der Waals surface area (Å²) in [5.41, 5.74) is 7.18. The lowest BCUT2D eigenvalue weighted by atomic mass is 10.2. The van der Waals surface area contributed by atoms with Crippen LogP contribution in [0.25, 0.3) is 0 Å². The molecule has 2 fully saturated rings. The van der Waals surface area contributed by atoms with Crippen molar-refractivity contribution in [1.29, 1.82) is 0 Å². The van der Waals surface area contributed by atoms with Gasteiger partial charge in [-0.25, -0.2) is 4.79 Å². The third kappa shape index (κ3) is 2.54. The smallest absolute Gasteiger partial charge is 0.325 e. The van der Waals surface area contributed by atoms with Crippen LogP contribution in [-0.4, -0.2) is 42.5 Å². The molecule has 1 saturated heterocycles. The van der Waals surface area contributed by atoms with Crippen LogP contribution < -0.4 is 16.0 Å². The predicted octanol–water partition coefficient (Wildman–Crippen LogP) is 0.789. The fourth-order valence-corrected chi connectivity index (χ4v) is 2.36. The van der Waals surface area contributed by atoms with Crippen molar-refractivity contribution in [2.24, 2.45) is 0 Å². The third-order valence-electron chi connectivity index (χ3n) is 3.60. The van der Waals surface area contributed by atoms with Crippen LogP contribution in [0.4, 0.5) is 16.2 Å². The van der Waals surface area contributed by atoms with Crippen molar-refractivity contribution in [3.05, 3.63) is 24.3 Å². The van der Waals surface area contributed by atoms with Gasteiger partial charge in [0.05, 0.1) is 11.4 Å². The van der Waals surface area contributed by atoms with Gasteiger partial charge in [-0.1, -0.05) is 12.1 Å². The first-order chi connectivity index (χ1) is 9.65. The van der Waals surface area contributed by atoms with E-state index in [9.17, 15) is 9.59 Å². The van der Waals surface area contributed by atoms with E-state index in [-0.39, 0.29) is 18.5 Å². The number of para-hydroxylation sites is 2. The van der Waals surface area contributed by atoms with Crippen molar-refractivity contribution in [3.8, 4) is 0 Å². The van der Waals surface area contributed by atoms with Gasteiger partial charge in [-0.2, -0.15) is 0 Å². The van der Waals surface area contributed by atoms with Crippen molar-refractivity contribution >= 4 is 23.3 Å². The number of nitrogens with one attached hydrogen (secondary N) is 1. The SMILES string of the molecule is Nc1ccccc1N1CCN(CC(=O)NC2CC2)C1=O. The van der Waals surface area contributed by atoms with E-state index in [1.165, 1.54) is 0 Å². The molecule has 0 atom stereocenters. The van der Waals surface area contributed by atoms with E-state index in [1.54, 1.807) is 15.9 Å². The maximum atomic E-state index is 12.3. The zero-order valence-electron chi connectivity index (χ0n) is 11.2. The molecule has 0 spiro atoms. The van der Waals surface area contributed by atoms with Gasteiger partial charge < -0.3 is 16.0 Å². The highest BCUT2D eigenvalue weighted by atomic mass is 16.2. The number of nitrogens with zero attached hydrogens (tertiary/aromatic N) is 2. The number of amides is 3. The van der Waals surface area contributed by atoms with Crippen molar-refractivity contribution in [2.75, 3.05) is 30.3 Å². The Kier molecular flexibility index (Phi) is 3.22. The molecule has 1 aromatic carbocycles. The molecule has 1 aliphatic carbocycles. The molecule has 0 unspecified atom stereocenters. The normalized spacial score (nSPS) is 18.5. The summed E-state index contributed by atoms with van der Waals surface area (Å²) in [4.78, 5) is 27.3. The highest BCUT2D eigenvalue weighted by Gasteiger charge is 2.32. The summed E-state index contributed by atoms with van der Waals surface area (Å²) in [7, 11) is 0. The summed E-state index contributed by atoms with van der Waals surface area (Å²) in [5, 5.41) is 2.89. The Morgan fingerprint density at radius 2 is 2.05 bits per heavy atom. The van der Waals surface area contributed by atoms with Crippen LogP contribution in [-0.2, 0) is 4.79 Å². The van der Waals surface area contributed by atoms with Crippen LogP contribution >= 0.6 is 0 Å². The first-order valence-corrected chi connectivity index (χ1v) is 6.85. The number of urea groups is 1. The van der Waals surface area contributed by atoms with Crippen LogP contribution in [0.3, 0.4) is 0 Å². The number of rotatable bonds is 4. The average molecular weight is 274 g/mol. The number of hydrogen-bond donors (Lipinski definition) is 2. The quantitative estimate of drug-likeness (QED) is 0.797. The Bertz CT molecular complexity index is 542. The second-order valence-corrected chi connectivity index (χ2v) is 5.26. The summed E-state index contributed by atoms with van der Waals surface area (Å²) in [5.74, 6) is -0.0799. The molecule has 1 aromatic rings. The second kappa shape index (κ2) is 5.03.